The van der Waals surface area contributed by atoms with Gasteiger partial charge < -0.3 is 14.6 Å². The number of thioether (sulfide) groups is 1. The molecule has 5 rings (SSSR count). The zero-order valence-corrected chi connectivity index (χ0v) is 24.7. The van der Waals surface area contributed by atoms with Crippen LogP contribution in [0.4, 0.5) is 9.52 Å². The summed E-state index contributed by atoms with van der Waals surface area (Å²) in [4.78, 5) is 28.8. The van der Waals surface area contributed by atoms with Gasteiger partial charge in [0.2, 0.25) is 10.9 Å². The van der Waals surface area contributed by atoms with Crippen molar-refractivity contribution in [2.24, 2.45) is 0 Å². The van der Waals surface area contributed by atoms with Gasteiger partial charge >= 0.3 is 0 Å². The summed E-state index contributed by atoms with van der Waals surface area (Å²) in [6.07, 6.45) is 0.808. The number of ketones is 1. The van der Waals surface area contributed by atoms with Gasteiger partial charge in [-0.3, -0.25) is 14.5 Å². The van der Waals surface area contributed by atoms with E-state index in [0.29, 0.717) is 50.8 Å². The van der Waals surface area contributed by atoms with Gasteiger partial charge in [-0.2, -0.15) is 0 Å². The molecule has 0 bridgehead atoms. The summed E-state index contributed by atoms with van der Waals surface area (Å²) < 4.78 is 26.3. The Kier molecular flexibility index (Phi) is 9.01. The molecule has 0 aliphatic carbocycles. The number of aliphatic hydroxyl groups excluding tert-OH is 1. The van der Waals surface area contributed by atoms with E-state index in [-0.39, 0.29) is 16.5 Å². The Hall–Kier alpha value is -3.74. The molecular formula is C29H26FN3O5S3. The highest BCUT2D eigenvalue weighted by atomic mass is 32.2. The quantitative estimate of drug-likeness (QED) is 0.104. The van der Waals surface area contributed by atoms with Crippen molar-refractivity contribution in [2.75, 3.05) is 18.1 Å². The fourth-order valence-electron chi connectivity index (χ4n) is 4.30. The number of hydrogen-bond acceptors (Lipinski definition) is 10. The maximum absolute atomic E-state index is 14.1. The lowest BCUT2D eigenvalue weighted by Crippen LogP contribution is -2.31. The fourth-order valence-corrected chi connectivity index (χ4v) is 6.83. The number of aromatic nitrogens is 2. The average Bonchev–Trinajstić information content (AvgIpc) is 3.73. The van der Waals surface area contributed by atoms with Crippen molar-refractivity contribution >= 4 is 51.3 Å². The number of thiophene rings is 1. The molecule has 12 heteroatoms. The average molecular weight is 612 g/mol. The van der Waals surface area contributed by atoms with E-state index in [0.717, 1.165) is 17.8 Å². The monoisotopic (exact) mass is 611 g/mol. The Labute approximate surface area is 248 Å². The summed E-state index contributed by atoms with van der Waals surface area (Å²) in [6.45, 7) is 4.72. The number of nitrogens with zero attached hydrogens (tertiary/aromatic N) is 3. The van der Waals surface area contributed by atoms with E-state index in [1.54, 1.807) is 53.9 Å². The third kappa shape index (κ3) is 5.99. The van der Waals surface area contributed by atoms with Gasteiger partial charge in [-0.15, -0.1) is 21.5 Å². The van der Waals surface area contributed by atoms with Crippen molar-refractivity contribution in [1.82, 2.24) is 10.2 Å². The minimum Gasteiger partial charge on any atom is -0.503 e. The highest BCUT2D eigenvalue weighted by molar-refractivity contribution is 8.00. The zero-order valence-electron chi connectivity index (χ0n) is 22.2. The van der Waals surface area contributed by atoms with Crippen molar-refractivity contribution in [3.8, 4) is 11.5 Å². The fraction of sp³-hybridized carbons (Fsp3) is 0.241. The molecule has 0 saturated heterocycles. The van der Waals surface area contributed by atoms with E-state index in [9.17, 15) is 19.1 Å². The number of halogens is 1. The molecule has 1 amide bonds. The van der Waals surface area contributed by atoms with Gasteiger partial charge in [0.15, 0.2) is 21.6 Å². The predicted molar refractivity (Wildman–Crippen MR) is 158 cm³/mol. The summed E-state index contributed by atoms with van der Waals surface area (Å²) in [5.74, 6) is -0.868. The van der Waals surface area contributed by atoms with Crippen molar-refractivity contribution in [1.29, 1.82) is 0 Å². The van der Waals surface area contributed by atoms with Crippen LogP contribution in [0.3, 0.4) is 0 Å². The summed E-state index contributed by atoms with van der Waals surface area (Å²) in [5, 5.41) is 21.4. The van der Waals surface area contributed by atoms with Crippen LogP contribution < -0.4 is 14.4 Å². The van der Waals surface area contributed by atoms with E-state index in [1.807, 2.05) is 13.8 Å². The van der Waals surface area contributed by atoms with Crippen molar-refractivity contribution in [3.63, 3.8) is 0 Å². The first-order chi connectivity index (χ1) is 19.9. The normalized spacial score (nSPS) is 15.0. The van der Waals surface area contributed by atoms with Crippen LogP contribution in [0.1, 0.15) is 47.1 Å². The molecule has 0 fully saturated rings. The number of hydrogen-bond donors (Lipinski definition) is 1. The molecule has 1 atom stereocenters. The van der Waals surface area contributed by atoms with Crippen LogP contribution in [0.2, 0.25) is 0 Å². The van der Waals surface area contributed by atoms with E-state index < -0.39 is 23.5 Å². The van der Waals surface area contributed by atoms with Crippen molar-refractivity contribution in [3.05, 3.63) is 93.1 Å². The Morgan fingerprint density at radius 1 is 1.10 bits per heavy atom. The number of anilines is 1. The number of amides is 1. The SMILES string of the molecule is CCCOc1ccc(C2C(C(=O)c3cccs3)=C(O)C(=O)N2c2nnc(SCc3ccccc3F)s2)cc1OCC. The number of benzene rings is 2. The van der Waals surface area contributed by atoms with E-state index in [4.69, 9.17) is 9.47 Å². The molecule has 1 aliphatic rings. The van der Waals surface area contributed by atoms with Crippen LogP contribution in [0.15, 0.2) is 75.6 Å². The first-order valence-corrected chi connectivity index (χ1v) is 15.5. The molecule has 4 aromatic rings. The molecule has 212 valence electrons. The van der Waals surface area contributed by atoms with Crippen LogP contribution in [-0.4, -0.2) is 40.2 Å². The Bertz CT molecular complexity index is 1590. The molecule has 8 nitrogen and oxygen atoms in total. The van der Waals surface area contributed by atoms with Crippen LogP contribution in [0.5, 0.6) is 11.5 Å². The maximum atomic E-state index is 14.1. The third-order valence-corrected chi connectivity index (χ3v) is 9.13. The predicted octanol–water partition coefficient (Wildman–Crippen LogP) is 7.00. The molecule has 41 heavy (non-hydrogen) atoms. The summed E-state index contributed by atoms with van der Waals surface area (Å²) >= 11 is 3.62. The van der Waals surface area contributed by atoms with Crippen LogP contribution in [-0.2, 0) is 10.5 Å². The molecule has 2 aromatic carbocycles. The molecule has 0 radical (unpaired) electrons. The van der Waals surface area contributed by atoms with Crippen LogP contribution in [0.25, 0.3) is 0 Å². The second kappa shape index (κ2) is 12.8. The third-order valence-electron chi connectivity index (χ3n) is 6.15. The molecule has 1 N–H and O–H groups in total. The zero-order chi connectivity index (χ0) is 28.9. The lowest BCUT2D eigenvalue weighted by molar-refractivity contribution is -0.117. The number of carbonyl (C=O) groups is 2. The summed E-state index contributed by atoms with van der Waals surface area (Å²) in [7, 11) is 0. The summed E-state index contributed by atoms with van der Waals surface area (Å²) in [6, 6.07) is 14.0. The molecule has 0 saturated carbocycles. The summed E-state index contributed by atoms with van der Waals surface area (Å²) in [5.41, 5.74) is 0.990. The number of rotatable bonds is 12. The molecule has 2 aromatic heterocycles. The highest BCUT2D eigenvalue weighted by Crippen LogP contribution is 2.45. The van der Waals surface area contributed by atoms with E-state index >= 15 is 0 Å². The number of ether oxygens (including phenoxy) is 2. The Morgan fingerprint density at radius 2 is 1.93 bits per heavy atom. The number of carbonyl (C=O) groups excluding carboxylic acids is 2. The van der Waals surface area contributed by atoms with Crippen molar-refractivity contribution < 1.29 is 28.6 Å². The lowest BCUT2D eigenvalue weighted by Gasteiger charge is -2.25. The minimum atomic E-state index is -0.992. The molecule has 1 aliphatic heterocycles. The molecule has 0 spiro atoms. The number of Topliss-reactive ketones (excluding diaryl/α,β-unsaturated/α-hetero) is 1. The lowest BCUT2D eigenvalue weighted by atomic mass is 9.95. The maximum Gasteiger partial charge on any atom is 0.296 e. The Morgan fingerprint density at radius 3 is 2.66 bits per heavy atom. The van der Waals surface area contributed by atoms with Gasteiger partial charge in [-0.25, -0.2) is 4.39 Å². The molecular weight excluding hydrogens is 586 g/mol. The van der Waals surface area contributed by atoms with E-state index in [2.05, 4.69) is 10.2 Å². The highest BCUT2D eigenvalue weighted by Gasteiger charge is 2.46. The largest absolute Gasteiger partial charge is 0.503 e. The minimum absolute atomic E-state index is 0.0575. The number of aliphatic hydroxyl groups is 1. The second-order valence-corrected chi connectivity index (χ2v) is 12.0. The topological polar surface area (TPSA) is 102 Å². The van der Waals surface area contributed by atoms with Gasteiger partial charge in [0.1, 0.15) is 5.82 Å². The first-order valence-electron chi connectivity index (χ1n) is 12.9. The Balaban J connectivity index is 1.53. The second-order valence-electron chi connectivity index (χ2n) is 8.86. The smallest absolute Gasteiger partial charge is 0.296 e. The molecule has 1 unspecified atom stereocenters. The van der Waals surface area contributed by atoms with E-state index in [1.165, 1.54) is 34.1 Å². The van der Waals surface area contributed by atoms with Gasteiger partial charge in [-0.1, -0.05) is 60.4 Å². The standard InChI is InChI=1S/C29H26FN3O5S3/c1-3-13-38-20-12-11-17(15-21(20)37-4-2)24-23(25(34)22-10-7-14-39-22)26(35)27(36)33(24)28-31-32-29(41-28)40-16-18-8-5-6-9-19(18)30/h5-12,14-15,24,35H,3-4,13,16H2,1-2H3. The van der Waals surface area contributed by atoms with Crippen molar-refractivity contribution in [2.45, 2.75) is 36.4 Å². The first kappa shape index (κ1) is 28.8. The van der Waals surface area contributed by atoms with Crippen LogP contribution in [0, 0.1) is 5.82 Å². The van der Waals surface area contributed by atoms with Gasteiger partial charge in [0, 0.05) is 5.75 Å². The van der Waals surface area contributed by atoms with Gasteiger partial charge in [0.25, 0.3) is 5.91 Å². The van der Waals surface area contributed by atoms with Gasteiger partial charge in [0.05, 0.1) is 29.7 Å². The molecule has 3 heterocycles. The van der Waals surface area contributed by atoms with Crippen LogP contribution >= 0.6 is 34.4 Å². The van der Waals surface area contributed by atoms with Gasteiger partial charge in [-0.05, 0) is 54.1 Å².